The first-order valence-corrected chi connectivity index (χ1v) is 11.4. The number of rotatable bonds is 6. The van der Waals surface area contributed by atoms with Gasteiger partial charge in [0.2, 0.25) is 11.8 Å². The number of benzene rings is 2. The molecule has 1 aliphatic rings. The Kier molecular flexibility index (Phi) is 6.43. The van der Waals surface area contributed by atoms with Gasteiger partial charge < -0.3 is 15.0 Å². The van der Waals surface area contributed by atoms with Gasteiger partial charge in [-0.15, -0.1) is 23.1 Å². The van der Waals surface area contributed by atoms with Gasteiger partial charge in [0.15, 0.2) is 5.13 Å². The maximum absolute atomic E-state index is 12.2. The lowest BCUT2D eigenvalue weighted by Crippen LogP contribution is -2.41. The minimum absolute atomic E-state index is 0.0546. The molecule has 1 aliphatic heterocycles. The SMILES string of the molecule is O=C(CSCC(=O)N1CCOCC1)Nc1nc(-c2ccc3ccccc3c2)cs1. The van der Waals surface area contributed by atoms with E-state index in [0.717, 1.165) is 16.6 Å². The second kappa shape index (κ2) is 9.39. The molecule has 2 aromatic carbocycles. The highest BCUT2D eigenvalue weighted by atomic mass is 32.2. The third kappa shape index (κ3) is 5.14. The molecule has 3 aromatic rings. The fourth-order valence-electron chi connectivity index (χ4n) is 3.10. The summed E-state index contributed by atoms with van der Waals surface area (Å²) in [6, 6.07) is 14.4. The number of amides is 2. The van der Waals surface area contributed by atoms with Crippen molar-refractivity contribution in [1.29, 1.82) is 0 Å². The molecule has 1 N–H and O–H groups in total. The molecule has 4 rings (SSSR count). The minimum Gasteiger partial charge on any atom is -0.378 e. The van der Waals surface area contributed by atoms with Gasteiger partial charge in [-0.05, 0) is 16.8 Å². The fraction of sp³-hybridized carbons (Fsp3) is 0.286. The van der Waals surface area contributed by atoms with Gasteiger partial charge in [-0.3, -0.25) is 9.59 Å². The number of carbonyl (C=O) groups excluding carboxylic acids is 2. The Morgan fingerprint density at radius 1 is 1.10 bits per heavy atom. The van der Waals surface area contributed by atoms with E-state index in [0.29, 0.717) is 37.2 Å². The summed E-state index contributed by atoms with van der Waals surface area (Å²) in [5.74, 6) is 0.428. The average Bonchev–Trinajstić information content (AvgIpc) is 3.22. The number of hydrogen-bond donors (Lipinski definition) is 1. The molecule has 1 aromatic heterocycles. The van der Waals surface area contributed by atoms with Crippen LogP contribution in [0.2, 0.25) is 0 Å². The third-order valence-electron chi connectivity index (χ3n) is 4.62. The summed E-state index contributed by atoms with van der Waals surface area (Å²) in [5, 5.41) is 7.67. The summed E-state index contributed by atoms with van der Waals surface area (Å²) in [5.41, 5.74) is 1.86. The predicted molar refractivity (Wildman–Crippen MR) is 118 cm³/mol. The highest BCUT2D eigenvalue weighted by molar-refractivity contribution is 8.00. The quantitative estimate of drug-likeness (QED) is 0.652. The molecule has 150 valence electrons. The van der Waals surface area contributed by atoms with Crippen molar-refractivity contribution in [1.82, 2.24) is 9.88 Å². The maximum atomic E-state index is 12.2. The van der Waals surface area contributed by atoms with Crippen LogP contribution in [0, 0.1) is 0 Å². The largest absolute Gasteiger partial charge is 0.378 e. The van der Waals surface area contributed by atoms with Crippen molar-refractivity contribution in [2.75, 3.05) is 43.1 Å². The Hall–Kier alpha value is -2.42. The van der Waals surface area contributed by atoms with Crippen LogP contribution in [0.3, 0.4) is 0 Å². The molecule has 2 heterocycles. The van der Waals surface area contributed by atoms with E-state index in [4.69, 9.17) is 4.74 Å². The van der Waals surface area contributed by atoms with Crippen molar-refractivity contribution >= 4 is 50.8 Å². The van der Waals surface area contributed by atoms with Crippen LogP contribution in [0.15, 0.2) is 47.8 Å². The summed E-state index contributed by atoms with van der Waals surface area (Å²) < 4.78 is 5.24. The first-order valence-electron chi connectivity index (χ1n) is 9.37. The summed E-state index contributed by atoms with van der Waals surface area (Å²) in [6.07, 6.45) is 0. The number of thioether (sulfide) groups is 1. The molecule has 2 amide bonds. The maximum Gasteiger partial charge on any atom is 0.236 e. The molecule has 0 bridgehead atoms. The van der Waals surface area contributed by atoms with Crippen LogP contribution in [-0.4, -0.2) is 59.5 Å². The Balaban J connectivity index is 1.29. The number of aromatic nitrogens is 1. The van der Waals surface area contributed by atoms with Crippen molar-refractivity contribution < 1.29 is 14.3 Å². The van der Waals surface area contributed by atoms with E-state index in [9.17, 15) is 9.59 Å². The van der Waals surface area contributed by atoms with Crippen LogP contribution in [0.4, 0.5) is 5.13 Å². The number of nitrogens with zero attached hydrogens (tertiary/aromatic N) is 2. The number of ether oxygens (including phenoxy) is 1. The van der Waals surface area contributed by atoms with Crippen LogP contribution in [0.25, 0.3) is 22.0 Å². The van der Waals surface area contributed by atoms with Gasteiger partial charge in [-0.25, -0.2) is 4.98 Å². The Morgan fingerprint density at radius 3 is 2.72 bits per heavy atom. The number of fused-ring (bicyclic) bond motifs is 1. The molecule has 0 aliphatic carbocycles. The standard InChI is InChI=1S/C21H21N3O3S2/c25-19(13-28-14-20(26)24-7-9-27-10-8-24)23-21-22-18(12-29-21)17-6-5-15-3-1-2-4-16(15)11-17/h1-6,11-12H,7-10,13-14H2,(H,22,23,25). The summed E-state index contributed by atoms with van der Waals surface area (Å²) >= 11 is 2.72. The molecule has 0 spiro atoms. The van der Waals surface area contributed by atoms with E-state index < -0.39 is 0 Å². The van der Waals surface area contributed by atoms with Gasteiger partial charge in [-0.2, -0.15) is 0 Å². The second-order valence-corrected chi connectivity index (χ2v) is 8.48. The fourth-order valence-corrected chi connectivity index (χ4v) is 4.56. The number of nitrogens with one attached hydrogen (secondary N) is 1. The van der Waals surface area contributed by atoms with Gasteiger partial charge in [0.05, 0.1) is 30.4 Å². The zero-order chi connectivity index (χ0) is 20.1. The molecule has 0 unspecified atom stereocenters. The van der Waals surface area contributed by atoms with E-state index in [-0.39, 0.29) is 17.6 Å². The lowest BCUT2D eigenvalue weighted by atomic mass is 10.1. The average molecular weight is 428 g/mol. The number of carbonyl (C=O) groups is 2. The lowest BCUT2D eigenvalue weighted by Gasteiger charge is -2.26. The molecule has 0 saturated carbocycles. The molecule has 29 heavy (non-hydrogen) atoms. The van der Waals surface area contributed by atoms with E-state index in [1.165, 1.54) is 28.5 Å². The molecular formula is C21H21N3O3S2. The predicted octanol–water partition coefficient (Wildman–Crippen LogP) is 3.49. The van der Waals surface area contributed by atoms with Crippen molar-refractivity contribution in [2.45, 2.75) is 0 Å². The van der Waals surface area contributed by atoms with Crippen LogP contribution in [-0.2, 0) is 14.3 Å². The van der Waals surface area contributed by atoms with Crippen LogP contribution in [0.1, 0.15) is 0 Å². The molecule has 6 nitrogen and oxygen atoms in total. The number of anilines is 1. The summed E-state index contributed by atoms with van der Waals surface area (Å²) in [4.78, 5) is 30.6. The van der Waals surface area contributed by atoms with E-state index >= 15 is 0 Å². The highest BCUT2D eigenvalue weighted by Crippen LogP contribution is 2.27. The smallest absolute Gasteiger partial charge is 0.236 e. The van der Waals surface area contributed by atoms with Gasteiger partial charge in [-0.1, -0.05) is 36.4 Å². The van der Waals surface area contributed by atoms with Gasteiger partial charge in [0.25, 0.3) is 0 Å². The molecule has 8 heteroatoms. The molecule has 1 fully saturated rings. The van der Waals surface area contributed by atoms with Crippen LogP contribution < -0.4 is 5.32 Å². The van der Waals surface area contributed by atoms with Crippen molar-refractivity contribution in [3.05, 3.63) is 47.8 Å². The minimum atomic E-state index is -0.149. The number of thiazole rings is 1. The van der Waals surface area contributed by atoms with Crippen LogP contribution in [0.5, 0.6) is 0 Å². The highest BCUT2D eigenvalue weighted by Gasteiger charge is 2.17. The lowest BCUT2D eigenvalue weighted by molar-refractivity contribution is -0.132. The zero-order valence-corrected chi connectivity index (χ0v) is 17.4. The molecule has 1 saturated heterocycles. The first kappa shape index (κ1) is 19.9. The third-order valence-corrected chi connectivity index (χ3v) is 6.29. The normalized spacial score (nSPS) is 14.1. The van der Waals surface area contributed by atoms with Gasteiger partial charge in [0, 0.05) is 24.0 Å². The van der Waals surface area contributed by atoms with E-state index in [1.54, 1.807) is 4.90 Å². The van der Waals surface area contributed by atoms with Crippen LogP contribution >= 0.6 is 23.1 Å². The molecule has 0 atom stereocenters. The van der Waals surface area contributed by atoms with Crippen molar-refractivity contribution in [2.24, 2.45) is 0 Å². The Morgan fingerprint density at radius 2 is 1.90 bits per heavy atom. The van der Waals surface area contributed by atoms with Gasteiger partial charge in [0.1, 0.15) is 0 Å². The molecule has 0 radical (unpaired) electrons. The topological polar surface area (TPSA) is 71.5 Å². The summed E-state index contributed by atoms with van der Waals surface area (Å²) in [7, 11) is 0. The number of hydrogen-bond acceptors (Lipinski definition) is 6. The summed E-state index contributed by atoms with van der Waals surface area (Å²) in [6.45, 7) is 2.42. The van der Waals surface area contributed by atoms with E-state index in [1.807, 2.05) is 23.6 Å². The van der Waals surface area contributed by atoms with Crippen molar-refractivity contribution in [3.8, 4) is 11.3 Å². The molecular weight excluding hydrogens is 406 g/mol. The monoisotopic (exact) mass is 427 g/mol. The van der Waals surface area contributed by atoms with Gasteiger partial charge >= 0.3 is 0 Å². The zero-order valence-electron chi connectivity index (χ0n) is 15.8. The van der Waals surface area contributed by atoms with E-state index in [2.05, 4.69) is 34.6 Å². The number of morpholine rings is 1. The Labute approximate surface area is 177 Å². The Bertz CT molecular complexity index is 1020. The first-order chi connectivity index (χ1) is 14.2. The van der Waals surface area contributed by atoms with Crippen molar-refractivity contribution in [3.63, 3.8) is 0 Å². The second-order valence-electron chi connectivity index (χ2n) is 6.63.